The normalized spacial score (nSPS) is 16.3. The predicted octanol–water partition coefficient (Wildman–Crippen LogP) is 3.96. The molecular weight excluding hydrogens is 276 g/mol. The van der Waals surface area contributed by atoms with E-state index < -0.39 is 0 Å². The number of benzene rings is 2. The zero-order valence-corrected chi connectivity index (χ0v) is 12.4. The summed E-state index contributed by atoms with van der Waals surface area (Å²) in [4.78, 5) is 6.04. The molecule has 2 nitrogen and oxygen atoms in total. The Labute approximate surface area is 128 Å². The SMILES string of the molecule is NCc1nc(C2Cc3ccccc32)sc1-c1ccccc1. The molecule has 1 aliphatic rings. The van der Waals surface area contributed by atoms with E-state index in [9.17, 15) is 0 Å². The van der Waals surface area contributed by atoms with Crippen molar-refractivity contribution >= 4 is 11.3 Å². The highest BCUT2D eigenvalue weighted by Crippen LogP contribution is 2.43. The molecule has 3 aromatic rings. The third-order valence-electron chi connectivity index (χ3n) is 4.10. The van der Waals surface area contributed by atoms with E-state index in [2.05, 4.69) is 48.5 Å². The van der Waals surface area contributed by atoms with Crippen LogP contribution in [0.1, 0.15) is 27.7 Å². The van der Waals surface area contributed by atoms with Crippen molar-refractivity contribution in [2.24, 2.45) is 5.73 Å². The molecule has 0 amide bonds. The van der Waals surface area contributed by atoms with Crippen molar-refractivity contribution in [3.05, 3.63) is 76.4 Å². The van der Waals surface area contributed by atoms with Crippen LogP contribution in [0.3, 0.4) is 0 Å². The maximum atomic E-state index is 5.90. The molecule has 1 atom stereocenters. The Kier molecular flexibility index (Phi) is 3.09. The Morgan fingerprint density at radius 3 is 2.57 bits per heavy atom. The van der Waals surface area contributed by atoms with Crippen LogP contribution in [0.2, 0.25) is 0 Å². The number of nitrogens with two attached hydrogens (primary N) is 1. The van der Waals surface area contributed by atoms with E-state index >= 15 is 0 Å². The number of thiazole rings is 1. The van der Waals surface area contributed by atoms with Crippen LogP contribution in [0.5, 0.6) is 0 Å². The molecule has 0 bridgehead atoms. The van der Waals surface area contributed by atoms with Crippen LogP contribution in [-0.4, -0.2) is 4.98 Å². The molecule has 4 rings (SSSR count). The largest absolute Gasteiger partial charge is 0.325 e. The Bertz CT molecular complexity index is 777. The Hall–Kier alpha value is -1.97. The molecule has 0 aliphatic heterocycles. The first-order valence-corrected chi connectivity index (χ1v) is 8.01. The lowest BCUT2D eigenvalue weighted by molar-refractivity contribution is 0.698. The summed E-state index contributed by atoms with van der Waals surface area (Å²) in [6.45, 7) is 0.495. The molecule has 104 valence electrons. The van der Waals surface area contributed by atoms with Crippen LogP contribution in [0.15, 0.2) is 54.6 Å². The third-order valence-corrected chi connectivity index (χ3v) is 5.36. The Balaban J connectivity index is 1.75. The monoisotopic (exact) mass is 292 g/mol. The van der Waals surface area contributed by atoms with Gasteiger partial charge >= 0.3 is 0 Å². The molecule has 0 fully saturated rings. The number of hydrogen-bond acceptors (Lipinski definition) is 3. The molecule has 0 spiro atoms. The smallest absolute Gasteiger partial charge is 0.101 e. The van der Waals surface area contributed by atoms with E-state index in [1.807, 2.05) is 6.07 Å². The van der Waals surface area contributed by atoms with E-state index in [4.69, 9.17) is 10.7 Å². The van der Waals surface area contributed by atoms with Gasteiger partial charge in [0.1, 0.15) is 5.01 Å². The Morgan fingerprint density at radius 2 is 1.81 bits per heavy atom. The molecule has 1 heterocycles. The average molecular weight is 292 g/mol. The van der Waals surface area contributed by atoms with Crippen molar-refractivity contribution in [2.45, 2.75) is 18.9 Å². The summed E-state index contributed by atoms with van der Waals surface area (Å²) in [7, 11) is 0. The van der Waals surface area contributed by atoms with Gasteiger partial charge in [0.05, 0.1) is 10.6 Å². The molecule has 2 aromatic carbocycles. The van der Waals surface area contributed by atoms with E-state index in [-0.39, 0.29) is 0 Å². The minimum absolute atomic E-state index is 0.453. The van der Waals surface area contributed by atoms with Gasteiger partial charge in [0.2, 0.25) is 0 Å². The van der Waals surface area contributed by atoms with Gasteiger partial charge in [0.25, 0.3) is 0 Å². The summed E-state index contributed by atoms with van der Waals surface area (Å²) in [5.41, 5.74) is 11.0. The van der Waals surface area contributed by atoms with Gasteiger partial charge < -0.3 is 5.73 Å². The van der Waals surface area contributed by atoms with Crippen molar-refractivity contribution in [2.75, 3.05) is 0 Å². The van der Waals surface area contributed by atoms with E-state index in [1.54, 1.807) is 11.3 Å². The molecule has 3 heteroatoms. The molecule has 2 N–H and O–H groups in total. The number of nitrogens with zero attached hydrogens (tertiary/aromatic N) is 1. The Morgan fingerprint density at radius 1 is 1.05 bits per heavy atom. The summed E-state index contributed by atoms with van der Waals surface area (Å²) in [5, 5.41) is 1.20. The highest BCUT2D eigenvalue weighted by atomic mass is 32.1. The lowest BCUT2D eigenvalue weighted by atomic mass is 9.78. The van der Waals surface area contributed by atoms with Gasteiger partial charge in [0, 0.05) is 12.5 Å². The van der Waals surface area contributed by atoms with Gasteiger partial charge in [-0.1, -0.05) is 54.6 Å². The van der Waals surface area contributed by atoms with Crippen molar-refractivity contribution in [1.29, 1.82) is 0 Å². The van der Waals surface area contributed by atoms with Gasteiger partial charge in [-0.15, -0.1) is 11.3 Å². The highest BCUT2D eigenvalue weighted by molar-refractivity contribution is 7.15. The summed E-state index contributed by atoms with van der Waals surface area (Å²) in [6, 6.07) is 19.1. The molecule has 1 aliphatic carbocycles. The van der Waals surface area contributed by atoms with Gasteiger partial charge in [-0.3, -0.25) is 0 Å². The first-order valence-electron chi connectivity index (χ1n) is 7.19. The summed E-state index contributed by atoms with van der Waals surface area (Å²) < 4.78 is 0. The second kappa shape index (κ2) is 5.10. The second-order valence-corrected chi connectivity index (χ2v) is 6.38. The second-order valence-electron chi connectivity index (χ2n) is 5.35. The number of fused-ring (bicyclic) bond motifs is 1. The minimum atomic E-state index is 0.453. The first kappa shape index (κ1) is 12.7. The zero-order valence-electron chi connectivity index (χ0n) is 11.6. The van der Waals surface area contributed by atoms with Crippen LogP contribution in [0.25, 0.3) is 10.4 Å². The number of aromatic nitrogens is 1. The maximum absolute atomic E-state index is 5.90. The lowest BCUT2D eigenvalue weighted by Gasteiger charge is -2.28. The predicted molar refractivity (Wildman–Crippen MR) is 87.4 cm³/mol. The third kappa shape index (κ3) is 2.09. The van der Waals surface area contributed by atoms with Crippen molar-refractivity contribution in [3.63, 3.8) is 0 Å². The van der Waals surface area contributed by atoms with E-state index in [0.717, 1.165) is 12.1 Å². The fourth-order valence-electron chi connectivity index (χ4n) is 2.95. The van der Waals surface area contributed by atoms with E-state index in [0.29, 0.717) is 12.5 Å². The standard InChI is InChI=1S/C18H16N2S/c19-11-16-17(12-6-2-1-3-7-12)21-18(20-16)15-10-13-8-4-5-9-14(13)15/h1-9,15H,10-11,19H2. The topological polar surface area (TPSA) is 38.9 Å². The average Bonchev–Trinajstić information content (AvgIpc) is 2.93. The van der Waals surface area contributed by atoms with Crippen LogP contribution in [0.4, 0.5) is 0 Å². The quantitative estimate of drug-likeness (QED) is 0.793. The van der Waals surface area contributed by atoms with Crippen molar-refractivity contribution in [1.82, 2.24) is 4.98 Å². The summed E-state index contributed by atoms with van der Waals surface area (Å²) in [6.07, 6.45) is 1.10. The molecule has 1 aromatic heterocycles. The van der Waals surface area contributed by atoms with Crippen molar-refractivity contribution in [3.8, 4) is 10.4 Å². The fraction of sp³-hybridized carbons (Fsp3) is 0.167. The maximum Gasteiger partial charge on any atom is 0.101 e. The van der Waals surface area contributed by atoms with Crippen LogP contribution in [0, 0.1) is 0 Å². The summed E-state index contributed by atoms with van der Waals surface area (Å²) in [5.74, 6) is 0.453. The molecule has 1 unspecified atom stereocenters. The molecule has 0 saturated carbocycles. The molecule has 21 heavy (non-hydrogen) atoms. The molecule has 0 radical (unpaired) electrons. The zero-order chi connectivity index (χ0) is 14.2. The van der Waals surface area contributed by atoms with Gasteiger partial charge in [-0.05, 0) is 23.1 Å². The fourth-order valence-corrected chi connectivity index (χ4v) is 4.17. The highest BCUT2D eigenvalue weighted by Gasteiger charge is 2.30. The van der Waals surface area contributed by atoms with E-state index in [1.165, 1.54) is 26.6 Å². The first-order chi connectivity index (χ1) is 10.4. The van der Waals surface area contributed by atoms with Crippen molar-refractivity contribution < 1.29 is 0 Å². The van der Waals surface area contributed by atoms with Gasteiger partial charge in [0.15, 0.2) is 0 Å². The molecular formula is C18H16N2S. The van der Waals surface area contributed by atoms with Gasteiger partial charge in [-0.25, -0.2) is 4.98 Å². The number of rotatable bonds is 3. The van der Waals surface area contributed by atoms with Crippen LogP contribution < -0.4 is 5.73 Å². The van der Waals surface area contributed by atoms with Crippen LogP contribution >= 0.6 is 11.3 Å². The number of hydrogen-bond donors (Lipinski definition) is 1. The van der Waals surface area contributed by atoms with Crippen LogP contribution in [-0.2, 0) is 13.0 Å². The lowest BCUT2D eigenvalue weighted by Crippen LogP contribution is -2.17. The summed E-state index contributed by atoms with van der Waals surface area (Å²) >= 11 is 1.79. The van der Waals surface area contributed by atoms with Gasteiger partial charge in [-0.2, -0.15) is 0 Å². The minimum Gasteiger partial charge on any atom is -0.325 e. The molecule has 0 saturated heterocycles.